The van der Waals surface area contributed by atoms with Crippen molar-refractivity contribution < 1.29 is 4.74 Å². The normalized spacial score (nSPS) is 14.8. The van der Waals surface area contributed by atoms with E-state index in [-0.39, 0.29) is 6.10 Å². The molecule has 4 heteroatoms. The maximum absolute atomic E-state index is 5.80. The summed E-state index contributed by atoms with van der Waals surface area (Å²) in [5, 5.41) is 3.13. The quantitative estimate of drug-likeness (QED) is 0.612. The largest absolute Gasteiger partial charge is 0.489 e. The van der Waals surface area contributed by atoms with Crippen molar-refractivity contribution in [3.63, 3.8) is 0 Å². The van der Waals surface area contributed by atoms with E-state index in [1.165, 1.54) is 5.56 Å². The highest BCUT2D eigenvalue weighted by Gasteiger charge is 2.04. The van der Waals surface area contributed by atoms with Crippen molar-refractivity contribution in [2.45, 2.75) is 46.3 Å². The summed E-state index contributed by atoms with van der Waals surface area (Å²) < 4.78 is 5.76. The van der Waals surface area contributed by atoms with Crippen LogP contribution in [0.15, 0.2) is 29.3 Å². The van der Waals surface area contributed by atoms with Crippen molar-refractivity contribution in [3.05, 3.63) is 29.8 Å². The smallest absolute Gasteiger partial charge is 0.188 e. The molecular weight excluding hydrogens is 238 g/mol. The average molecular weight is 263 g/mol. The molecule has 1 aromatic rings. The van der Waals surface area contributed by atoms with E-state index in [0.717, 1.165) is 12.2 Å². The van der Waals surface area contributed by atoms with Crippen molar-refractivity contribution in [1.29, 1.82) is 0 Å². The van der Waals surface area contributed by atoms with Crippen LogP contribution in [0.4, 0.5) is 0 Å². The molecule has 0 bridgehead atoms. The second kappa shape index (κ2) is 7.67. The van der Waals surface area contributed by atoms with Crippen LogP contribution in [0.1, 0.15) is 32.8 Å². The molecule has 3 N–H and O–H groups in total. The zero-order chi connectivity index (χ0) is 14.3. The Bertz CT molecular complexity index is 400. The molecule has 1 aromatic carbocycles. The highest BCUT2D eigenvalue weighted by Crippen LogP contribution is 2.13. The van der Waals surface area contributed by atoms with E-state index in [1.807, 2.05) is 31.2 Å². The highest BCUT2D eigenvalue weighted by molar-refractivity contribution is 5.78. The van der Waals surface area contributed by atoms with Gasteiger partial charge >= 0.3 is 0 Å². The van der Waals surface area contributed by atoms with Gasteiger partial charge in [-0.1, -0.05) is 24.6 Å². The molecule has 2 unspecified atom stereocenters. The minimum atomic E-state index is -0.0000104. The molecule has 0 spiro atoms. The van der Waals surface area contributed by atoms with Crippen molar-refractivity contribution in [3.8, 4) is 5.75 Å². The fraction of sp³-hybridized carbons (Fsp3) is 0.533. The minimum Gasteiger partial charge on any atom is -0.489 e. The van der Waals surface area contributed by atoms with Gasteiger partial charge in [0.05, 0.1) is 6.54 Å². The van der Waals surface area contributed by atoms with Gasteiger partial charge in [0.1, 0.15) is 11.9 Å². The molecule has 0 aromatic heterocycles. The second-order valence-electron chi connectivity index (χ2n) is 4.92. The van der Waals surface area contributed by atoms with Crippen LogP contribution in [0.2, 0.25) is 0 Å². The Kier molecular flexibility index (Phi) is 6.19. The predicted molar refractivity (Wildman–Crippen MR) is 80.6 cm³/mol. The zero-order valence-electron chi connectivity index (χ0n) is 12.3. The molecule has 0 aliphatic carbocycles. The van der Waals surface area contributed by atoms with Crippen LogP contribution in [0.3, 0.4) is 0 Å². The van der Waals surface area contributed by atoms with Crippen molar-refractivity contribution >= 4 is 5.96 Å². The third-order valence-corrected chi connectivity index (χ3v) is 2.88. The van der Waals surface area contributed by atoms with Gasteiger partial charge in [0.2, 0.25) is 0 Å². The van der Waals surface area contributed by atoms with E-state index in [4.69, 9.17) is 10.5 Å². The van der Waals surface area contributed by atoms with Gasteiger partial charge in [0, 0.05) is 6.04 Å². The van der Waals surface area contributed by atoms with E-state index < -0.39 is 0 Å². The summed E-state index contributed by atoms with van der Waals surface area (Å²) in [5.41, 5.74) is 7.02. The molecule has 0 amide bonds. The summed E-state index contributed by atoms with van der Waals surface area (Å²) in [6.07, 6.45) is 1.02. The average Bonchev–Trinajstić information content (AvgIpc) is 2.39. The van der Waals surface area contributed by atoms with Crippen molar-refractivity contribution in [2.24, 2.45) is 10.7 Å². The van der Waals surface area contributed by atoms with Crippen LogP contribution < -0.4 is 15.8 Å². The molecule has 19 heavy (non-hydrogen) atoms. The first kappa shape index (κ1) is 15.3. The summed E-state index contributed by atoms with van der Waals surface area (Å²) in [6, 6.07) is 8.35. The van der Waals surface area contributed by atoms with E-state index in [1.54, 1.807) is 0 Å². The van der Waals surface area contributed by atoms with E-state index in [9.17, 15) is 0 Å². The van der Waals surface area contributed by atoms with Gasteiger partial charge in [-0.15, -0.1) is 0 Å². The van der Waals surface area contributed by atoms with Gasteiger partial charge in [-0.05, 0) is 39.3 Å². The topological polar surface area (TPSA) is 59.6 Å². The molecule has 0 aliphatic rings. The van der Waals surface area contributed by atoms with Gasteiger partial charge in [0.25, 0.3) is 0 Å². The standard InChI is InChI=1S/C15H25N3O/c1-5-12(3)18-15(16)17-10-13(4)19-14-8-6-11(2)7-9-14/h6-9,12-13H,5,10H2,1-4H3,(H3,16,17,18). The number of hydrogen-bond acceptors (Lipinski definition) is 2. The lowest BCUT2D eigenvalue weighted by atomic mass is 10.2. The number of aliphatic imine (C=N–C) groups is 1. The Balaban J connectivity index is 2.40. The Morgan fingerprint density at radius 2 is 1.95 bits per heavy atom. The molecule has 0 saturated carbocycles. The van der Waals surface area contributed by atoms with Crippen LogP contribution in [-0.2, 0) is 0 Å². The number of ether oxygens (including phenoxy) is 1. The van der Waals surface area contributed by atoms with Crippen LogP contribution in [0.5, 0.6) is 5.75 Å². The number of rotatable bonds is 6. The summed E-state index contributed by atoms with van der Waals surface area (Å²) in [5.74, 6) is 1.34. The van der Waals surface area contributed by atoms with Crippen LogP contribution >= 0.6 is 0 Å². The van der Waals surface area contributed by atoms with Crippen LogP contribution in [-0.4, -0.2) is 24.7 Å². The lowest BCUT2D eigenvalue weighted by Crippen LogP contribution is -2.38. The fourth-order valence-corrected chi connectivity index (χ4v) is 1.51. The van der Waals surface area contributed by atoms with Crippen LogP contribution in [0, 0.1) is 6.92 Å². The molecule has 2 atom stereocenters. The fourth-order valence-electron chi connectivity index (χ4n) is 1.51. The van der Waals surface area contributed by atoms with Crippen molar-refractivity contribution in [1.82, 2.24) is 5.32 Å². The first-order valence-corrected chi connectivity index (χ1v) is 6.81. The number of nitrogens with zero attached hydrogens (tertiary/aromatic N) is 1. The number of nitrogens with two attached hydrogens (primary N) is 1. The first-order valence-electron chi connectivity index (χ1n) is 6.81. The summed E-state index contributed by atoms with van der Waals surface area (Å²) in [6.45, 7) is 8.77. The molecule has 0 fully saturated rings. The highest BCUT2D eigenvalue weighted by atomic mass is 16.5. The molecular formula is C15H25N3O. The Morgan fingerprint density at radius 1 is 1.32 bits per heavy atom. The number of nitrogens with one attached hydrogen (secondary N) is 1. The van der Waals surface area contributed by atoms with Gasteiger partial charge in [-0.2, -0.15) is 0 Å². The Morgan fingerprint density at radius 3 is 2.53 bits per heavy atom. The maximum Gasteiger partial charge on any atom is 0.188 e. The monoisotopic (exact) mass is 263 g/mol. The van der Waals surface area contributed by atoms with Gasteiger partial charge in [-0.3, -0.25) is 0 Å². The maximum atomic E-state index is 5.80. The minimum absolute atomic E-state index is 0.0000104. The number of guanidine groups is 1. The molecule has 106 valence electrons. The van der Waals surface area contributed by atoms with E-state index >= 15 is 0 Å². The van der Waals surface area contributed by atoms with E-state index in [2.05, 4.69) is 31.1 Å². The molecule has 0 saturated heterocycles. The number of hydrogen-bond donors (Lipinski definition) is 2. The van der Waals surface area contributed by atoms with Crippen molar-refractivity contribution in [2.75, 3.05) is 6.54 Å². The first-order chi connectivity index (χ1) is 9.01. The van der Waals surface area contributed by atoms with Gasteiger partial charge in [0.15, 0.2) is 5.96 Å². The lowest BCUT2D eigenvalue weighted by Gasteiger charge is -2.15. The van der Waals surface area contributed by atoms with E-state index in [0.29, 0.717) is 18.5 Å². The Labute approximate surface area is 116 Å². The molecule has 0 heterocycles. The zero-order valence-corrected chi connectivity index (χ0v) is 12.3. The summed E-state index contributed by atoms with van der Waals surface area (Å²) >= 11 is 0. The van der Waals surface area contributed by atoms with Gasteiger partial charge in [-0.25, -0.2) is 4.99 Å². The third-order valence-electron chi connectivity index (χ3n) is 2.88. The summed E-state index contributed by atoms with van der Waals surface area (Å²) in [4.78, 5) is 4.28. The van der Waals surface area contributed by atoms with Gasteiger partial charge < -0.3 is 15.8 Å². The number of aryl methyl sites for hydroxylation is 1. The summed E-state index contributed by atoms with van der Waals surface area (Å²) in [7, 11) is 0. The lowest BCUT2D eigenvalue weighted by molar-refractivity contribution is 0.230. The molecule has 4 nitrogen and oxygen atoms in total. The number of benzene rings is 1. The molecule has 0 radical (unpaired) electrons. The molecule has 1 rings (SSSR count). The predicted octanol–water partition coefficient (Wildman–Crippen LogP) is 2.47. The van der Waals surface area contributed by atoms with Crippen LogP contribution in [0.25, 0.3) is 0 Å². The third kappa shape index (κ3) is 6.13. The Hall–Kier alpha value is -1.71. The SMILES string of the molecule is CCC(C)NC(N)=NCC(C)Oc1ccc(C)cc1. The second-order valence-corrected chi connectivity index (χ2v) is 4.92. The molecule has 0 aliphatic heterocycles.